The van der Waals surface area contributed by atoms with Gasteiger partial charge in [-0.1, -0.05) is 146 Å². The van der Waals surface area contributed by atoms with Crippen LogP contribution < -0.4 is 31.1 Å². The minimum atomic E-state index is -2.83. The Labute approximate surface area is 223 Å². The summed E-state index contributed by atoms with van der Waals surface area (Å²) in [7, 11) is -7.81. The van der Waals surface area contributed by atoms with Gasteiger partial charge in [0.05, 0.1) is 24.2 Å². The Balaban J connectivity index is 2.61. The second-order valence-electron chi connectivity index (χ2n) is 13.6. The molecule has 3 rings (SSSR count). The Bertz CT molecular complexity index is 1090. The van der Waals surface area contributed by atoms with Crippen molar-refractivity contribution in [2.75, 3.05) is 0 Å². The van der Waals surface area contributed by atoms with Crippen molar-refractivity contribution < 1.29 is 0 Å². The van der Waals surface area contributed by atoms with Crippen LogP contribution in [0.4, 0.5) is 0 Å². The van der Waals surface area contributed by atoms with Gasteiger partial charge in [-0.15, -0.1) is 11.1 Å². The molecule has 0 aliphatic carbocycles. The first-order chi connectivity index (χ1) is 15.9. The van der Waals surface area contributed by atoms with E-state index in [4.69, 9.17) is 11.1 Å². The van der Waals surface area contributed by atoms with Crippen molar-refractivity contribution in [3.63, 3.8) is 0 Å². The molecule has 0 aliphatic rings. The monoisotopic (exact) mass is 552 g/mol. The highest BCUT2D eigenvalue weighted by Gasteiger charge is 2.46. The van der Waals surface area contributed by atoms with Crippen molar-refractivity contribution >= 4 is 73.8 Å². The fourth-order valence-electron chi connectivity index (χ4n) is 5.17. The lowest BCUT2D eigenvalue weighted by molar-refractivity contribution is 1.48. The molecule has 0 saturated heterocycles. The van der Waals surface area contributed by atoms with E-state index < -0.39 is 31.6 Å². The maximum Gasteiger partial charge on any atom is 0.247 e. The number of benzene rings is 3. The highest BCUT2D eigenvalue weighted by molar-refractivity contribution is 7.43. The predicted molar refractivity (Wildman–Crippen MR) is 173 cm³/mol. The molecule has 3 aromatic rings. The summed E-state index contributed by atoms with van der Waals surface area (Å²) in [4.78, 5) is 0. The normalized spacial score (nSPS) is 13.3. The Morgan fingerprint density at radius 3 is 0.829 bits per heavy atom. The second kappa shape index (κ2) is 9.60. The van der Waals surface area contributed by atoms with Crippen molar-refractivity contribution in [2.45, 2.75) is 79.7 Å². The minimum Gasteiger partial charge on any atom is -0.149 e. The number of hydrogen-bond donors (Lipinski definition) is 0. The fourth-order valence-corrected chi connectivity index (χ4v) is 20.2. The van der Waals surface area contributed by atoms with Gasteiger partial charge < -0.3 is 0 Å². The molecule has 35 heavy (non-hydrogen) atoms. The van der Waals surface area contributed by atoms with Crippen molar-refractivity contribution in [3.8, 4) is 0 Å². The van der Waals surface area contributed by atoms with E-state index in [1.54, 1.807) is 0 Å². The molecular formula is C30H45ClSi4. The van der Waals surface area contributed by atoms with Gasteiger partial charge in [-0.2, -0.15) is 0 Å². The van der Waals surface area contributed by atoms with Crippen LogP contribution in [0.25, 0.3) is 0 Å². The number of rotatable bonds is 6. The lowest BCUT2D eigenvalue weighted by atomic mass is 10.2. The molecule has 0 nitrogen and oxygen atoms in total. The molecule has 0 saturated carbocycles. The number of aryl methyl sites for hydroxylation is 3. The van der Waals surface area contributed by atoms with Crippen molar-refractivity contribution in [1.82, 2.24) is 0 Å². The molecule has 0 unspecified atom stereocenters. The van der Waals surface area contributed by atoms with E-state index >= 15 is 0 Å². The molecule has 0 radical (unpaired) electrons. The van der Waals surface area contributed by atoms with Crippen LogP contribution in [0.1, 0.15) is 16.7 Å². The lowest BCUT2D eigenvalue weighted by Gasteiger charge is -2.38. The zero-order valence-corrected chi connectivity index (χ0v) is 28.8. The SMILES string of the molecule is Cc1ccc([Si](Cl)(c2ccc(C)cc2[Si](C)(C)C)c2ccc(C)cc2[Si](C)(C)C)c([Si](C)(C)C)c1. The molecule has 0 atom stereocenters. The molecule has 188 valence electrons. The smallest absolute Gasteiger partial charge is 0.149 e. The van der Waals surface area contributed by atoms with Gasteiger partial charge in [0, 0.05) is 0 Å². The van der Waals surface area contributed by atoms with E-state index in [-0.39, 0.29) is 0 Å². The molecule has 0 bridgehead atoms. The van der Waals surface area contributed by atoms with Crippen molar-refractivity contribution in [1.29, 1.82) is 0 Å². The summed E-state index contributed by atoms with van der Waals surface area (Å²) in [6.45, 7) is 28.9. The molecule has 0 aromatic heterocycles. The molecular weight excluding hydrogens is 508 g/mol. The molecule has 0 spiro atoms. The highest BCUT2D eigenvalue weighted by Crippen LogP contribution is 2.18. The molecule has 3 aromatic carbocycles. The summed E-state index contributed by atoms with van der Waals surface area (Å²) in [6.07, 6.45) is 0. The molecule has 0 fully saturated rings. The van der Waals surface area contributed by atoms with E-state index in [9.17, 15) is 0 Å². The zero-order chi connectivity index (χ0) is 26.6. The van der Waals surface area contributed by atoms with Gasteiger partial charge in [0.25, 0.3) is 0 Å². The second-order valence-corrected chi connectivity index (χ2v) is 33.3. The third kappa shape index (κ3) is 5.72. The van der Waals surface area contributed by atoms with E-state index in [0.717, 1.165) is 0 Å². The molecule has 0 N–H and O–H groups in total. The van der Waals surface area contributed by atoms with Crippen LogP contribution in [0, 0.1) is 20.8 Å². The first-order valence-corrected chi connectivity index (χ1v) is 26.4. The average Bonchev–Trinajstić information content (AvgIpc) is 2.71. The summed E-state index contributed by atoms with van der Waals surface area (Å²) in [5, 5.41) is 8.87. The van der Waals surface area contributed by atoms with Crippen LogP contribution in [0.5, 0.6) is 0 Å². The number of halogens is 1. The lowest BCUT2D eigenvalue weighted by Crippen LogP contribution is -2.77. The van der Waals surface area contributed by atoms with Crippen molar-refractivity contribution in [2.24, 2.45) is 0 Å². The van der Waals surface area contributed by atoms with Crippen LogP contribution in [0.3, 0.4) is 0 Å². The zero-order valence-electron chi connectivity index (χ0n) is 24.1. The number of hydrogen-bond acceptors (Lipinski definition) is 0. The highest BCUT2D eigenvalue weighted by atomic mass is 35.6. The van der Waals surface area contributed by atoms with Gasteiger partial charge in [-0.25, -0.2) is 0 Å². The fraction of sp³-hybridized carbons (Fsp3) is 0.400. The van der Waals surface area contributed by atoms with Gasteiger partial charge in [0.15, 0.2) is 0 Å². The summed E-state index contributed by atoms with van der Waals surface area (Å²) in [6, 6.07) is 21.5. The van der Waals surface area contributed by atoms with Crippen LogP contribution >= 0.6 is 11.1 Å². The van der Waals surface area contributed by atoms with Crippen molar-refractivity contribution in [3.05, 3.63) is 71.3 Å². The third-order valence-electron chi connectivity index (χ3n) is 7.06. The maximum atomic E-state index is 8.41. The topological polar surface area (TPSA) is 0 Å². The van der Waals surface area contributed by atoms with E-state index in [1.807, 2.05) is 0 Å². The minimum absolute atomic E-state index is 1.34. The quantitative estimate of drug-likeness (QED) is 0.216. The first-order valence-electron chi connectivity index (χ1n) is 12.9. The van der Waals surface area contributed by atoms with Gasteiger partial charge in [-0.3, -0.25) is 0 Å². The standard InChI is InChI=1S/C30H45ClSi4/c1-22-13-16-25(28(19-22)32(4,5)6)35(31,26-17-14-23(2)20-29(26)33(7,8)9)27-18-15-24(3)21-30(27)34(10,11)12/h13-21H,1-12H3. The van der Waals surface area contributed by atoms with Crippen LogP contribution in [0.2, 0.25) is 58.9 Å². The van der Waals surface area contributed by atoms with Crippen LogP contribution in [-0.4, -0.2) is 31.6 Å². The third-order valence-corrected chi connectivity index (χ3v) is 19.3. The Hall–Kier alpha value is -1.18. The Morgan fingerprint density at radius 2 is 0.629 bits per heavy atom. The molecule has 0 heterocycles. The van der Waals surface area contributed by atoms with Gasteiger partial charge in [0.2, 0.25) is 7.38 Å². The Kier molecular flexibility index (Phi) is 7.79. The van der Waals surface area contributed by atoms with Gasteiger partial charge in [-0.05, 0) is 36.3 Å². The summed E-state index contributed by atoms with van der Waals surface area (Å²) in [5.74, 6) is 0. The van der Waals surface area contributed by atoms with Gasteiger partial charge >= 0.3 is 0 Å². The van der Waals surface area contributed by atoms with Crippen LogP contribution in [-0.2, 0) is 0 Å². The maximum absolute atomic E-state index is 8.41. The van der Waals surface area contributed by atoms with E-state index in [0.29, 0.717) is 0 Å². The predicted octanol–water partition coefficient (Wildman–Crippen LogP) is 5.45. The molecule has 0 aliphatic heterocycles. The summed E-state index contributed by atoms with van der Waals surface area (Å²) in [5.41, 5.74) is 4.01. The van der Waals surface area contributed by atoms with Crippen LogP contribution in [0.15, 0.2) is 54.6 Å². The summed E-state index contributed by atoms with van der Waals surface area (Å²) < 4.78 is 0. The molecule has 0 amide bonds. The molecule has 5 heteroatoms. The van der Waals surface area contributed by atoms with E-state index in [1.165, 1.54) is 47.8 Å². The largest absolute Gasteiger partial charge is 0.247 e. The average molecular weight is 553 g/mol. The Morgan fingerprint density at radius 1 is 0.400 bits per heavy atom. The van der Waals surface area contributed by atoms with E-state index in [2.05, 4.69) is 134 Å². The van der Waals surface area contributed by atoms with Gasteiger partial charge in [0.1, 0.15) is 0 Å². The first kappa shape index (κ1) is 28.4. The summed E-state index contributed by atoms with van der Waals surface area (Å²) >= 11 is 8.41.